The first-order valence-corrected chi connectivity index (χ1v) is 15.1. The highest BCUT2D eigenvalue weighted by atomic mass is 16.5. The summed E-state index contributed by atoms with van der Waals surface area (Å²) < 4.78 is 5.72. The average Bonchev–Trinajstić information content (AvgIpc) is 3.02. The number of phenolic OH excluding ortho intramolecular Hbond substituents is 1. The Balaban J connectivity index is 0.000000332. The number of hydrogen-bond acceptors (Lipinski definition) is 6. The van der Waals surface area contributed by atoms with E-state index in [-0.39, 0.29) is 12.4 Å². The maximum Gasteiger partial charge on any atom is 0.126 e. The van der Waals surface area contributed by atoms with E-state index in [1.54, 1.807) is 12.1 Å². The second kappa shape index (κ2) is 18.9. The number of nitrogens with one attached hydrogen (secondary N) is 1. The maximum absolute atomic E-state index is 10.2. The summed E-state index contributed by atoms with van der Waals surface area (Å²) in [5.74, 6) is 0.450. The van der Waals surface area contributed by atoms with E-state index in [1.165, 1.54) is 18.1 Å². The molecule has 1 atom stereocenters. The molecule has 0 bridgehead atoms. The van der Waals surface area contributed by atoms with Gasteiger partial charge in [-0.25, -0.2) is 0 Å². The molecular weight excluding hydrogens is 526 g/mol. The smallest absolute Gasteiger partial charge is 0.126 e. The largest absolute Gasteiger partial charge is 0.508 e. The number of hydrogen-bond donors (Lipinski definition) is 5. The number of phenols is 2. The van der Waals surface area contributed by atoms with Gasteiger partial charge in [0.2, 0.25) is 0 Å². The Hall–Kier alpha value is -3.42. The van der Waals surface area contributed by atoms with Crippen LogP contribution >= 0.6 is 0 Å². The molecule has 4 rings (SSSR count). The van der Waals surface area contributed by atoms with Gasteiger partial charge in [-0.3, -0.25) is 0 Å². The molecule has 4 aromatic rings. The fraction of sp³-hybridized carbons (Fsp3) is 0.389. The molecular formula is C36H47NO5. The van der Waals surface area contributed by atoms with Gasteiger partial charge in [0.25, 0.3) is 0 Å². The summed E-state index contributed by atoms with van der Waals surface area (Å²) in [6.45, 7) is 4.68. The minimum Gasteiger partial charge on any atom is -0.508 e. The normalized spacial score (nSPS) is 11.7. The van der Waals surface area contributed by atoms with E-state index < -0.39 is 6.10 Å². The monoisotopic (exact) mass is 573 g/mol. The molecule has 6 heteroatoms. The van der Waals surface area contributed by atoms with E-state index in [9.17, 15) is 20.4 Å². The van der Waals surface area contributed by atoms with Gasteiger partial charge in [0.05, 0.1) is 12.7 Å². The van der Waals surface area contributed by atoms with Crippen LogP contribution in [0, 0.1) is 6.92 Å². The van der Waals surface area contributed by atoms with E-state index >= 15 is 0 Å². The van der Waals surface area contributed by atoms with Crippen molar-refractivity contribution in [2.45, 2.75) is 64.6 Å². The number of ether oxygens (including phenoxy) is 1. The van der Waals surface area contributed by atoms with Crippen LogP contribution in [-0.2, 0) is 17.8 Å². The summed E-state index contributed by atoms with van der Waals surface area (Å²) in [7, 11) is 0. The van der Waals surface area contributed by atoms with Crippen LogP contribution in [0.1, 0.15) is 66.9 Å². The van der Waals surface area contributed by atoms with Gasteiger partial charge in [-0.2, -0.15) is 0 Å². The summed E-state index contributed by atoms with van der Waals surface area (Å²) >= 11 is 0. The lowest BCUT2D eigenvalue weighted by Gasteiger charge is -2.14. The third-order valence-corrected chi connectivity index (χ3v) is 7.34. The van der Waals surface area contributed by atoms with Crippen LogP contribution in [0.5, 0.6) is 11.5 Å². The van der Waals surface area contributed by atoms with Gasteiger partial charge < -0.3 is 30.5 Å². The van der Waals surface area contributed by atoms with Gasteiger partial charge in [-0.05, 0) is 79.8 Å². The molecule has 42 heavy (non-hydrogen) atoms. The molecule has 0 heterocycles. The third kappa shape index (κ3) is 11.5. The van der Waals surface area contributed by atoms with Crippen molar-refractivity contribution in [3.8, 4) is 11.5 Å². The number of fused-ring (bicyclic) bond motifs is 1. The Bertz CT molecular complexity index is 1310. The molecule has 1 unspecified atom stereocenters. The molecule has 5 N–H and O–H groups in total. The van der Waals surface area contributed by atoms with E-state index in [1.807, 2.05) is 43.3 Å². The summed E-state index contributed by atoms with van der Waals surface area (Å²) in [5, 5.41) is 43.9. The lowest BCUT2D eigenvalue weighted by atomic mass is 10.1. The van der Waals surface area contributed by atoms with Gasteiger partial charge in [0.1, 0.15) is 11.5 Å². The van der Waals surface area contributed by atoms with Crippen molar-refractivity contribution in [2.75, 3.05) is 26.3 Å². The van der Waals surface area contributed by atoms with Crippen molar-refractivity contribution in [2.24, 2.45) is 0 Å². The van der Waals surface area contributed by atoms with Crippen molar-refractivity contribution in [1.82, 2.24) is 5.32 Å². The van der Waals surface area contributed by atoms with Crippen LogP contribution in [0.15, 0.2) is 84.9 Å². The highest BCUT2D eigenvalue weighted by Gasteiger charge is 2.10. The fourth-order valence-corrected chi connectivity index (χ4v) is 4.75. The molecule has 0 fully saturated rings. The zero-order valence-electron chi connectivity index (χ0n) is 24.8. The van der Waals surface area contributed by atoms with E-state index in [0.29, 0.717) is 23.4 Å². The van der Waals surface area contributed by atoms with Crippen LogP contribution in [0.4, 0.5) is 0 Å². The Kier molecular flexibility index (Phi) is 14.9. The van der Waals surface area contributed by atoms with Gasteiger partial charge >= 0.3 is 0 Å². The number of aromatic hydroxyl groups is 2. The Morgan fingerprint density at radius 3 is 2.26 bits per heavy atom. The van der Waals surface area contributed by atoms with Crippen molar-refractivity contribution in [3.63, 3.8) is 0 Å². The number of aliphatic hydroxyl groups excluding tert-OH is 2. The summed E-state index contributed by atoms with van der Waals surface area (Å²) in [5.41, 5.74) is 3.46. The molecule has 0 aliphatic heterocycles. The number of benzene rings is 4. The maximum atomic E-state index is 10.2. The highest BCUT2D eigenvalue weighted by Crippen LogP contribution is 2.27. The minimum atomic E-state index is -0.647. The van der Waals surface area contributed by atoms with E-state index in [4.69, 9.17) is 4.74 Å². The number of aryl methyl sites for hydroxylation is 2. The van der Waals surface area contributed by atoms with Crippen LogP contribution in [0.3, 0.4) is 0 Å². The molecule has 4 aromatic carbocycles. The second-order valence-electron chi connectivity index (χ2n) is 10.7. The molecule has 0 amide bonds. The Morgan fingerprint density at radius 1 is 0.762 bits per heavy atom. The van der Waals surface area contributed by atoms with Crippen molar-refractivity contribution >= 4 is 10.8 Å². The van der Waals surface area contributed by atoms with Crippen molar-refractivity contribution in [1.29, 1.82) is 0 Å². The SMILES string of the molecule is Cc1ccc2ccccc2c1O.OCc1cc(C(O)CNCCCCCCOCCCCc2ccccc2)ccc1O. The molecule has 0 aliphatic carbocycles. The third-order valence-electron chi connectivity index (χ3n) is 7.34. The first-order chi connectivity index (χ1) is 20.5. The Labute approximate surface area is 250 Å². The summed E-state index contributed by atoms with van der Waals surface area (Å²) in [6, 6.07) is 27.2. The highest BCUT2D eigenvalue weighted by molar-refractivity contribution is 5.89. The molecule has 0 saturated heterocycles. The first-order valence-electron chi connectivity index (χ1n) is 15.1. The zero-order chi connectivity index (χ0) is 30.0. The van der Waals surface area contributed by atoms with Crippen molar-refractivity contribution < 1.29 is 25.2 Å². The van der Waals surface area contributed by atoms with Crippen molar-refractivity contribution in [3.05, 3.63) is 107 Å². The number of unbranched alkanes of at least 4 members (excludes halogenated alkanes) is 4. The molecule has 0 radical (unpaired) electrons. The quantitative estimate of drug-likeness (QED) is 0.0929. The lowest BCUT2D eigenvalue weighted by Crippen LogP contribution is -2.22. The number of rotatable bonds is 16. The first kappa shape index (κ1) is 33.1. The summed E-state index contributed by atoms with van der Waals surface area (Å²) in [6.07, 6.45) is 7.24. The van der Waals surface area contributed by atoms with Crippen LogP contribution in [0.25, 0.3) is 10.8 Å². The fourth-order valence-electron chi connectivity index (χ4n) is 4.75. The molecule has 0 saturated carbocycles. The Morgan fingerprint density at radius 2 is 1.48 bits per heavy atom. The molecule has 0 spiro atoms. The van der Waals surface area contributed by atoms with Crippen LogP contribution < -0.4 is 5.32 Å². The lowest BCUT2D eigenvalue weighted by molar-refractivity contribution is 0.126. The molecule has 226 valence electrons. The van der Waals surface area contributed by atoms with Gasteiger partial charge in [-0.15, -0.1) is 0 Å². The van der Waals surface area contributed by atoms with Gasteiger partial charge in [-0.1, -0.05) is 85.6 Å². The topological polar surface area (TPSA) is 102 Å². The summed E-state index contributed by atoms with van der Waals surface area (Å²) in [4.78, 5) is 0. The minimum absolute atomic E-state index is 0.0533. The molecule has 6 nitrogen and oxygen atoms in total. The van der Waals surface area contributed by atoms with Crippen LogP contribution in [-0.4, -0.2) is 46.7 Å². The van der Waals surface area contributed by atoms with Crippen LogP contribution in [0.2, 0.25) is 0 Å². The predicted molar refractivity (Wildman–Crippen MR) is 171 cm³/mol. The molecule has 0 aliphatic rings. The zero-order valence-corrected chi connectivity index (χ0v) is 24.8. The number of aliphatic hydroxyl groups is 2. The van der Waals surface area contributed by atoms with E-state index in [0.717, 1.165) is 74.6 Å². The standard InChI is InChI=1S/C25H37NO4.C11H10O/c27-20-23-18-22(13-14-24(23)28)25(29)19-26-15-7-1-2-8-16-30-17-9-6-12-21-10-4-3-5-11-21;1-8-6-7-9-4-2-3-5-10(9)11(8)12/h3-5,10-11,13-14,18,25-29H,1-2,6-9,12,15-17,19-20H2;2-7,12H,1H3. The second-order valence-corrected chi connectivity index (χ2v) is 10.7. The van der Waals surface area contributed by atoms with Gasteiger partial charge in [0, 0.05) is 30.7 Å². The predicted octanol–water partition coefficient (Wildman–Crippen LogP) is 6.96. The van der Waals surface area contributed by atoms with Gasteiger partial charge in [0.15, 0.2) is 0 Å². The van der Waals surface area contributed by atoms with E-state index in [2.05, 4.69) is 35.6 Å². The molecule has 0 aromatic heterocycles. The average molecular weight is 574 g/mol.